The summed E-state index contributed by atoms with van der Waals surface area (Å²) in [7, 11) is 0. The summed E-state index contributed by atoms with van der Waals surface area (Å²) >= 11 is 1.60. The van der Waals surface area contributed by atoms with Crippen molar-refractivity contribution in [2.24, 2.45) is 0 Å². The zero-order valence-electron chi connectivity index (χ0n) is 10.6. The van der Waals surface area contributed by atoms with Crippen LogP contribution in [-0.4, -0.2) is 0 Å². The monoisotopic (exact) mass is 285 g/mol. The molecule has 5 heteroatoms. The zero-order valence-corrected chi connectivity index (χ0v) is 11.5. The van der Waals surface area contributed by atoms with Gasteiger partial charge in [-0.05, 0) is 48.6 Å². The lowest BCUT2D eigenvalue weighted by Gasteiger charge is -2.13. The topological polar surface area (TPSA) is 12.0 Å². The Hall–Kier alpha value is -1.49. The van der Waals surface area contributed by atoms with Crippen LogP contribution in [0.15, 0.2) is 29.6 Å². The molecule has 19 heavy (non-hydrogen) atoms. The largest absolute Gasteiger partial charge is 0.416 e. The molecule has 0 aliphatic rings. The molecule has 1 N–H and O–H groups in total. The molecular weight excluding hydrogens is 271 g/mol. The average Bonchev–Trinajstić information content (AvgIpc) is 2.72. The SMILES string of the molecule is Cc1ccc(C(F)(F)F)cc1NCc1sccc1C. The molecule has 1 aromatic heterocycles. The van der Waals surface area contributed by atoms with Crippen LogP contribution in [0.25, 0.3) is 0 Å². The number of rotatable bonds is 3. The van der Waals surface area contributed by atoms with E-state index >= 15 is 0 Å². The molecule has 0 aliphatic carbocycles. The van der Waals surface area contributed by atoms with Gasteiger partial charge in [-0.3, -0.25) is 0 Å². The van der Waals surface area contributed by atoms with E-state index in [4.69, 9.17) is 0 Å². The van der Waals surface area contributed by atoms with Crippen molar-refractivity contribution in [3.05, 3.63) is 51.2 Å². The fourth-order valence-electron chi connectivity index (χ4n) is 1.75. The van der Waals surface area contributed by atoms with Crippen molar-refractivity contribution in [1.29, 1.82) is 0 Å². The van der Waals surface area contributed by atoms with Crippen molar-refractivity contribution in [1.82, 2.24) is 0 Å². The fraction of sp³-hybridized carbons (Fsp3) is 0.286. The van der Waals surface area contributed by atoms with Crippen molar-refractivity contribution in [2.75, 3.05) is 5.32 Å². The van der Waals surface area contributed by atoms with Crippen LogP contribution in [0.3, 0.4) is 0 Å². The standard InChI is InChI=1S/C14H14F3NS/c1-9-3-4-11(14(15,16)17)7-12(9)18-8-13-10(2)5-6-19-13/h3-7,18H,8H2,1-2H3. The lowest BCUT2D eigenvalue weighted by Crippen LogP contribution is -2.07. The second-order valence-electron chi connectivity index (χ2n) is 4.41. The van der Waals surface area contributed by atoms with Crippen LogP contribution in [0.4, 0.5) is 18.9 Å². The highest BCUT2D eigenvalue weighted by molar-refractivity contribution is 7.10. The number of hydrogen-bond acceptors (Lipinski definition) is 2. The molecule has 2 rings (SSSR count). The summed E-state index contributed by atoms with van der Waals surface area (Å²) in [4.78, 5) is 1.14. The van der Waals surface area contributed by atoms with Crippen LogP contribution < -0.4 is 5.32 Å². The van der Waals surface area contributed by atoms with E-state index < -0.39 is 11.7 Å². The summed E-state index contributed by atoms with van der Waals surface area (Å²) in [6.45, 7) is 4.34. The fourth-order valence-corrected chi connectivity index (χ4v) is 2.60. The number of hydrogen-bond donors (Lipinski definition) is 1. The summed E-state index contributed by atoms with van der Waals surface area (Å²) in [5.41, 5.74) is 1.87. The summed E-state index contributed by atoms with van der Waals surface area (Å²) < 4.78 is 38.0. The van der Waals surface area contributed by atoms with Gasteiger partial charge in [0.2, 0.25) is 0 Å². The van der Waals surface area contributed by atoms with E-state index in [-0.39, 0.29) is 0 Å². The predicted molar refractivity (Wildman–Crippen MR) is 72.6 cm³/mol. The Bertz CT molecular complexity index is 572. The summed E-state index contributed by atoms with van der Waals surface area (Å²) in [5.74, 6) is 0. The molecule has 0 amide bonds. The van der Waals surface area contributed by atoms with Gasteiger partial charge in [-0.1, -0.05) is 6.07 Å². The number of halogens is 3. The summed E-state index contributed by atoms with van der Waals surface area (Å²) in [6.07, 6.45) is -4.30. The van der Waals surface area contributed by atoms with Crippen LogP contribution in [0.1, 0.15) is 21.6 Å². The van der Waals surface area contributed by atoms with Gasteiger partial charge in [-0.2, -0.15) is 13.2 Å². The maximum Gasteiger partial charge on any atom is 0.416 e. The first-order chi connectivity index (χ1) is 8.88. The first-order valence-corrected chi connectivity index (χ1v) is 6.70. The van der Waals surface area contributed by atoms with Crippen molar-refractivity contribution in [3.8, 4) is 0 Å². The van der Waals surface area contributed by atoms with E-state index in [0.29, 0.717) is 12.2 Å². The van der Waals surface area contributed by atoms with Crippen LogP contribution >= 0.6 is 11.3 Å². The average molecular weight is 285 g/mol. The van der Waals surface area contributed by atoms with Crippen LogP contribution in [0.2, 0.25) is 0 Å². The van der Waals surface area contributed by atoms with E-state index in [2.05, 4.69) is 5.32 Å². The number of aryl methyl sites for hydroxylation is 2. The van der Waals surface area contributed by atoms with Gasteiger partial charge < -0.3 is 5.32 Å². The Morgan fingerprint density at radius 2 is 1.84 bits per heavy atom. The highest BCUT2D eigenvalue weighted by Crippen LogP contribution is 2.32. The number of nitrogens with one attached hydrogen (secondary N) is 1. The Labute approximate surface area is 114 Å². The molecule has 0 fully saturated rings. The van der Waals surface area contributed by atoms with Gasteiger partial charge >= 0.3 is 6.18 Å². The Morgan fingerprint density at radius 1 is 1.11 bits per heavy atom. The maximum absolute atomic E-state index is 12.7. The third-order valence-electron chi connectivity index (χ3n) is 2.97. The molecule has 1 nitrogen and oxygen atoms in total. The molecule has 0 unspecified atom stereocenters. The van der Waals surface area contributed by atoms with E-state index in [1.165, 1.54) is 6.07 Å². The minimum atomic E-state index is -4.30. The van der Waals surface area contributed by atoms with Crippen molar-refractivity contribution in [3.63, 3.8) is 0 Å². The molecule has 102 valence electrons. The summed E-state index contributed by atoms with van der Waals surface area (Å²) in [6, 6.07) is 5.77. The minimum absolute atomic E-state index is 0.530. The number of benzene rings is 1. The van der Waals surface area contributed by atoms with Gasteiger partial charge in [0, 0.05) is 17.1 Å². The zero-order chi connectivity index (χ0) is 14.0. The van der Waals surface area contributed by atoms with Crippen LogP contribution in [-0.2, 0) is 12.7 Å². The Kier molecular flexibility index (Phi) is 3.85. The second kappa shape index (κ2) is 5.25. The minimum Gasteiger partial charge on any atom is -0.380 e. The van der Waals surface area contributed by atoms with Gasteiger partial charge in [0.15, 0.2) is 0 Å². The highest BCUT2D eigenvalue weighted by atomic mass is 32.1. The molecule has 0 bridgehead atoms. The van der Waals surface area contributed by atoms with Gasteiger partial charge in [-0.25, -0.2) is 0 Å². The molecule has 0 spiro atoms. The molecule has 0 saturated carbocycles. The molecule has 2 aromatic rings. The molecule has 1 heterocycles. The van der Waals surface area contributed by atoms with Crippen molar-refractivity contribution < 1.29 is 13.2 Å². The number of anilines is 1. The maximum atomic E-state index is 12.7. The third-order valence-corrected chi connectivity index (χ3v) is 4.00. The second-order valence-corrected chi connectivity index (χ2v) is 5.41. The Morgan fingerprint density at radius 3 is 2.42 bits per heavy atom. The molecule has 1 aromatic carbocycles. The van der Waals surface area contributed by atoms with Gasteiger partial charge in [-0.15, -0.1) is 11.3 Å². The van der Waals surface area contributed by atoms with Crippen molar-refractivity contribution in [2.45, 2.75) is 26.6 Å². The van der Waals surface area contributed by atoms with E-state index in [0.717, 1.165) is 28.1 Å². The van der Waals surface area contributed by atoms with Gasteiger partial charge in [0.1, 0.15) is 0 Å². The van der Waals surface area contributed by atoms with E-state index in [9.17, 15) is 13.2 Å². The first kappa shape index (κ1) is 13.9. The number of alkyl halides is 3. The predicted octanol–water partition coefficient (Wildman–Crippen LogP) is 5.00. The van der Waals surface area contributed by atoms with Crippen LogP contribution in [0.5, 0.6) is 0 Å². The van der Waals surface area contributed by atoms with Gasteiger partial charge in [0.05, 0.1) is 5.56 Å². The molecule has 0 saturated heterocycles. The summed E-state index contributed by atoms with van der Waals surface area (Å²) in [5, 5.41) is 5.06. The van der Waals surface area contributed by atoms with E-state index in [1.807, 2.05) is 18.4 Å². The molecule has 0 radical (unpaired) electrons. The smallest absolute Gasteiger partial charge is 0.380 e. The molecule has 0 aliphatic heterocycles. The van der Waals surface area contributed by atoms with E-state index in [1.54, 1.807) is 18.3 Å². The van der Waals surface area contributed by atoms with Gasteiger partial charge in [0.25, 0.3) is 0 Å². The quantitative estimate of drug-likeness (QED) is 0.837. The first-order valence-electron chi connectivity index (χ1n) is 5.82. The normalized spacial score (nSPS) is 11.6. The molecule has 0 atom stereocenters. The lowest BCUT2D eigenvalue weighted by atomic mass is 10.1. The lowest BCUT2D eigenvalue weighted by molar-refractivity contribution is -0.137. The number of thiophene rings is 1. The van der Waals surface area contributed by atoms with Crippen molar-refractivity contribution >= 4 is 17.0 Å². The van der Waals surface area contributed by atoms with Crippen LogP contribution in [0, 0.1) is 13.8 Å². The molecular formula is C14H14F3NS. The Balaban J connectivity index is 2.18. The third kappa shape index (κ3) is 3.29. The highest BCUT2D eigenvalue weighted by Gasteiger charge is 2.30.